The number of amides is 2. The Balaban J connectivity index is 1.52. The first kappa shape index (κ1) is 20.6. The second kappa shape index (κ2) is 9.89. The van der Waals surface area contributed by atoms with Gasteiger partial charge in [-0.1, -0.05) is 38.1 Å². The number of nitrogens with one attached hydrogen (secondary N) is 2. The average Bonchev–Trinajstić information content (AvgIpc) is 3.27. The van der Waals surface area contributed by atoms with Crippen LogP contribution in [0.1, 0.15) is 41.4 Å². The first-order valence-electron chi connectivity index (χ1n) is 9.52. The van der Waals surface area contributed by atoms with Gasteiger partial charge in [0.25, 0.3) is 11.8 Å². The minimum absolute atomic E-state index is 0.0888. The van der Waals surface area contributed by atoms with Crippen LogP contribution in [-0.2, 0) is 4.79 Å². The van der Waals surface area contributed by atoms with E-state index in [-0.39, 0.29) is 18.4 Å². The largest absolute Gasteiger partial charge is 0.484 e. The van der Waals surface area contributed by atoms with Crippen LogP contribution in [0.25, 0.3) is 0 Å². The van der Waals surface area contributed by atoms with E-state index in [4.69, 9.17) is 4.74 Å². The smallest absolute Gasteiger partial charge is 0.265 e. The molecule has 0 radical (unpaired) electrons. The SMILES string of the molecule is CC[C@H](C)c1ccc(OCC(=O)Nc2cccc(NC(=O)c3cccs3)c2)cc1. The van der Waals surface area contributed by atoms with Gasteiger partial charge >= 0.3 is 0 Å². The molecule has 0 saturated carbocycles. The van der Waals surface area contributed by atoms with Crippen molar-refractivity contribution < 1.29 is 14.3 Å². The summed E-state index contributed by atoms with van der Waals surface area (Å²) in [5.41, 5.74) is 2.46. The van der Waals surface area contributed by atoms with Crippen LogP contribution < -0.4 is 15.4 Å². The molecule has 2 N–H and O–H groups in total. The first-order valence-corrected chi connectivity index (χ1v) is 10.4. The molecule has 3 aromatic rings. The summed E-state index contributed by atoms with van der Waals surface area (Å²) < 4.78 is 5.57. The molecule has 0 saturated heterocycles. The quantitative estimate of drug-likeness (QED) is 0.515. The van der Waals surface area contributed by atoms with Gasteiger partial charge in [0.2, 0.25) is 0 Å². The number of hydrogen-bond donors (Lipinski definition) is 2. The average molecular weight is 409 g/mol. The Morgan fingerprint density at radius 3 is 2.38 bits per heavy atom. The normalized spacial score (nSPS) is 11.5. The molecule has 6 heteroatoms. The number of thiophene rings is 1. The van der Waals surface area contributed by atoms with Crippen molar-refractivity contribution in [1.82, 2.24) is 0 Å². The Morgan fingerprint density at radius 1 is 1.00 bits per heavy atom. The summed E-state index contributed by atoms with van der Waals surface area (Å²) in [5, 5.41) is 7.46. The molecule has 0 bridgehead atoms. The van der Waals surface area contributed by atoms with E-state index < -0.39 is 0 Å². The van der Waals surface area contributed by atoms with Gasteiger partial charge in [-0.3, -0.25) is 9.59 Å². The summed E-state index contributed by atoms with van der Waals surface area (Å²) in [6, 6.07) is 18.4. The van der Waals surface area contributed by atoms with Crippen LogP contribution >= 0.6 is 11.3 Å². The molecule has 1 atom stereocenters. The third-order valence-electron chi connectivity index (χ3n) is 4.58. The van der Waals surface area contributed by atoms with Crippen LogP contribution in [0.4, 0.5) is 11.4 Å². The lowest BCUT2D eigenvalue weighted by atomic mass is 9.99. The van der Waals surface area contributed by atoms with Crippen LogP contribution in [0.2, 0.25) is 0 Å². The summed E-state index contributed by atoms with van der Waals surface area (Å²) in [6.45, 7) is 4.25. The third kappa shape index (κ3) is 5.93. The second-order valence-corrected chi connectivity index (χ2v) is 7.68. The topological polar surface area (TPSA) is 67.4 Å². The number of rotatable bonds is 8. The molecule has 1 heterocycles. The highest BCUT2D eigenvalue weighted by molar-refractivity contribution is 7.12. The standard InChI is InChI=1S/C23H24N2O3S/c1-3-16(2)17-9-11-20(12-10-17)28-15-22(26)24-18-6-4-7-19(14-18)25-23(27)21-8-5-13-29-21/h4-14,16H,3,15H2,1-2H3,(H,24,26)(H,25,27)/t16-/m0/s1. The van der Waals surface area contributed by atoms with E-state index in [0.29, 0.717) is 27.9 Å². The number of anilines is 2. The van der Waals surface area contributed by atoms with Gasteiger partial charge in [-0.25, -0.2) is 0 Å². The molecular formula is C23H24N2O3S. The summed E-state index contributed by atoms with van der Waals surface area (Å²) >= 11 is 1.37. The molecule has 0 aliphatic carbocycles. The van der Waals surface area contributed by atoms with Gasteiger partial charge in [0.1, 0.15) is 5.75 Å². The molecule has 3 rings (SSSR count). The van der Waals surface area contributed by atoms with E-state index in [1.54, 1.807) is 30.3 Å². The summed E-state index contributed by atoms with van der Waals surface area (Å²) in [4.78, 5) is 25.0. The Kier molecular flexibility index (Phi) is 7.03. The van der Waals surface area contributed by atoms with Gasteiger partial charge in [0.05, 0.1) is 4.88 Å². The van der Waals surface area contributed by atoms with Crippen LogP contribution in [-0.4, -0.2) is 18.4 Å². The maximum Gasteiger partial charge on any atom is 0.265 e. The Labute approximate surface area is 174 Å². The molecule has 2 aromatic carbocycles. The highest BCUT2D eigenvalue weighted by Gasteiger charge is 2.09. The molecule has 150 valence electrons. The van der Waals surface area contributed by atoms with E-state index >= 15 is 0 Å². The molecule has 5 nitrogen and oxygen atoms in total. The highest BCUT2D eigenvalue weighted by atomic mass is 32.1. The maximum atomic E-state index is 12.2. The minimum atomic E-state index is -0.266. The predicted molar refractivity (Wildman–Crippen MR) is 118 cm³/mol. The lowest BCUT2D eigenvalue weighted by Gasteiger charge is -2.11. The Hall–Kier alpha value is -3.12. The van der Waals surface area contributed by atoms with Crippen molar-refractivity contribution >= 4 is 34.5 Å². The molecule has 0 aliphatic heterocycles. The zero-order valence-electron chi connectivity index (χ0n) is 16.5. The molecule has 0 spiro atoms. The van der Waals surface area contributed by atoms with Gasteiger partial charge in [-0.05, 0) is 59.7 Å². The molecule has 29 heavy (non-hydrogen) atoms. The molecule has 2 amide bonds. The third-order valence-corrected chi connectivity index (χ3v) is 5.45. The number of hydrogen-bond acceptors (Lipinski definition) is 4. The van der Waals surface area contributed by atoms with E-state index in [9.17, 15) is 9.59 Å². The number of ether oxygens (including phenoxy) is 1. The molecule has 0 aliphatic rings. The van der Waals surface area contributed by atoms with Gasteiger partial charge in [-0.2, -0.15) is 0 Å². The number of carbonyl (C=O) groups excluding carboxylic acids is 2. The fraction of sp³-hybridized carbons (Fsp3) is 0.217. The van der Waals surface area contributed by atoms with Crippen molar-refractivity contribution in [2.45, 2.75) is 26.2 Å². The van der Waals surface area contributed by atoms with E-state index in [0.717, 1.165) is 6.42 Å². The fourth-order valence-electron chi connectivity index (χ4n) is 2.75. The van der Waals surface area contributed by atoms with Gasteiger partial charge < -0.3 is 15.4 Å². The van der Waals surface area contributed by atoms with Crippen molar-refractivity contribution in [1.29, 1.82) is 0 Å². The first-order chi connectivity index (χ1) is 14.0. The highest BCUT2D eigenvalue weighted by Crippen LogP contribution is 2.22. The molecular weight excluding hydrogens is 384 g/mol. The Morgan fingerprint density at radius 2 is 1.72 bits per heavy atom. The minimum Gasteiger partial charge on any atom is -0.484 e. The van der Waals surface area contributed by atoms with Crippen LogP contribution in [0.5, 0.6) is 5.75 Å². The van der Waals surface area contributed by atoms with Crippen LogP contribution in [0.15, 0.2) is 66.0 Å². The van der Waals surface area contributed by atoms with Crippen LogP contribution in [0.3, 0.4) is 0 Å². The van der Waals surface area contributed by atoms with Crippen molar-refractivity contribution in [2.75, 3.05) is 17.2 Å². The number of carbonyl (C=O) groups is 2. The van der Waals surface area contributed by atoms with Gasteiger partial charge in [0.15, 0.2) is 6.61 Å². The van der Waals surface area contributed by atoms with E-state index in [2.05, 4.69) is 24.5 Å². The van der Waals surface area contributed by atoms with Crippen molar-refractivity contribution in [3.8, 4) is 5.75 Å². The maximum absolute atomic E-state index is 12.2. The zero-order chi connectivity index (χ0) is 20.6. The summed E-state index contributed by atoms with van der Waals surface area (Å²) in [5.74, 6) is 0.717. The number of benzene rings is 2. The van der Waals surface area contributed by atoms with Gasteiger partial charge in [0, 0.05) is 11.4 Å². The lowest BCUT2D eigenvalue weighted by Crippen LogP contribution is -2.20. The predicted octanol–water partition coefficient (Wildman–Crippen LogP) is 5.53. The van der Waals surface area contributed by atoms with Crippen molar-refractivity contribution in [3.63, 3.8) is 0 Å². The van der Waals surface area contributed by atoms with Crippen molar-refractivity contribution in [3.05, 3.63) is 76.5 Å². The molecule has 0 fully saturated rings. The van der Waals surface area contributed by atoms with Gasteiger partial charge in [-0.15, -0.1) is 11.3 Å². The second-order valence-electron chi connectivity index (χ2n) is 6.73. The Bertz CT molecular complexity index is 953. The zero-order valence-corrected chi connectivity index (χ0v) is 17.3. The summed E-state index contributed by atoms with van der Waals surface area (Å²) in [6.07, 6.45) is 1.08. The molecule has 1 aromatic heterocycles. The van der Waals surface area contributed by atoms with E-state index in [1.165, 1.54) is 16.9 Å². The van der Waals surface area contributed by atoms with Crippen LogP contribution in [0, 0.1) is 0 Å². The fourth-order valence-corrected chi connectivity index (χ4v) is 3.37. The van der Waals surface area contributed by atoms with E-state index in [1.807, 2.05) is 35.7 Å². The monoisotopic (exact) mass is 408 g/mol. The molecule has 0 unspecified atom stereocenters. The summed E-state index contributed by atoms with van der Waals surface area (Å²) in [7, 11) is 0. The van der Waals surface area contributed by atoms with Crippen molar-refractivity contribution in [2.24, 2.45) is 0 Å². The lowest BCUT2D eigenvalue weighted by molar-refractivity contribution is -0.118.